The minimum absolute atomic E-state index is 0.101. The molecule has 0 unspecified atom stereocenters. The maximum atomic E-state index is 11.9. The molecule has 0 saturated heterocycles. The van der Waals surface area contributed by atoms with Crippen molar-refractivity contribution in [3.05, 3.63) is 35.4 Å². The molecule has 1 aromatic carbocycles. The Balaban J connectivity index is 2.73. The molecule has 0 bridgehead atoms. The predicted molar refractivity (Wildman–Crippen MR) is 74.9 cm³/mol. The normalized spacial score (nSPS) is 11.4. The van der Waals surface area contributed by atoms with Crippen LogP contribution in [0.5, 0.6) is 0 Å². The number of amides is 1. The van der Waals surface area contributed by atoms with Crippen LogP contribution in [0.2, 0.25) is 0 Å². The molecule has 7 nitrogen and oxygen atoms in total. The molecule has 0 spiro atoms. The number of rotatable bonds is 6. The summed E-state index contributed by atoms with van der Waals surface area (Å²) in [5, 5.41) is 0. The highest BCUT2D eigenvalue weighted by atomic mass is 32.2. The van der Waals surface area contributed by atoms with Gasteiger partial charge in [-0.3, -0.25) is 0 Å². The van der Waals surface area contributed by atoms with E-state index in [0.717, 1.165) is 15.4 Å². The molecule has 0 atom stereocenters. The minimum Gasteiger partial charge on any atom is -0.449 e. The van der Waals surface area contributed by atoms with Gasteiger partial charge in [0.05, 0.1) is 6.61 Å². The summed E-state index contributed by atoms with van der Waals surface area (Å²) in [7, 11) is -2.55. The van der Waals surface area contributed by atoms with Crippen molar-refractivity contribution >= 4 is 16.3 Å². The van der Waals surface area contributed by atoms with Crippen LogP contribution in [0.15, 0.2) is 24.3 Å². The van der Waals surface area contributed by atoms with Crippen LogP contribution in [-0.4, -0.2) is 32.5 Å². The highest BCUT2D eigenvalue weighted by Crippen LogP contribution is 2.09. The first-order valence-corrected chi connectivity index (χ1v) is 7.51. The molecule has 1 amide bonds. The second-order valence-corrected chi connectivity index (χ2v) is 5.89. The van der Waals surface area contributed by atoms with Crippen molar-refractivity contribution in [1.29, 1.82) is 0 Å². The zero-order chi connectivity index (χ0) is 15.2. The lowest BCUT2D eigenvalue weighted by atomic mass is 10.1. The van der Waals surface area contributed by atoms with Crippen molar-refractivity contribution in [2.75, 3.05) is 13.7 Å². The fraction of sp³-hybridized carbons (Fsp3) is 0.417. The van der Waals surface area contributed by atoms with Gasteiger partial charge >= 0.3 is 16.3 Å². The molecule has 0 aliphatic heterocycles. The van der Waals surface area contributed by atoms with Crippen molar-refractivity contribution in [2.24, 2.45) is 5.73 Å². The van der Waals surface area contributed by atoms with Crippen LogP contribution < -0.4 is 10.5 Å². The van der Waals surface area contributed by atoms with E-state index in [-0.39, 0.29) is 13.2 Å². The van der Waals surface area contributed by atoms with Gasteiger partial charge < -0.3 is 10.5 Å². The summed E-state index contributed by atoms with van der Waals surface area (Å²) in [4.78, 5) is 11.2. The van der Waals surface area contributed by atoms with Crippen LogP contribution >= 0.6 is 0 Å². The monoisotopic (exact) mass is 301 g/mol. The lowest BCUT2D eigenvalue weighted by Gasteiger charge is -2.17. The van der Waals surface area contributed by atoms with E-state index in [1.807, 2.05) is 16.9 Å². The number of ether oxygens (including phenoxy) is 1. The summed E-state index contributed by atoms with van der Waals surface area (Å²) < 4.78 is 31.1. The summed E-state index contributed by atoms with van der Waals surface area (Å²) in [6.45, 7) is 2.20. The number of nitrogens with zero attached hydrogens (tertiary/aromatic N) is 1. The molecular weight excluding hydrogens is 282 g/mol. The van der Waals surface area contributed by atoms with Gasteiger partial charge in [-0.15, -0.1) is 0 Å². The average Bonchev–Trinajstić information content (AvgIpc) is 2.38. The van der Waals surface area contributed by atoms with Crippen molar-refractivity contribution in [3.8, 4) is 0 Å². The van der Waals surface area contributed by atoms with Gasteiger partial charge in [-0.25, -0.2) is 9.52 Å². The Morgan fingerprint density at radius 3 is 2.65 bits per heavy atom. The number of benzene rings is 1. The van der Waals surface area contributed by atoms with Crippen molar-refractivity contribution in [1.82, 2.24) is 9.03 Å². The topological polar surface area (TPSA) is 102 Å². The van der Waals surface area contributed by atoms with Gasteiger partial charge in [0.2, 0.25) is 0 Å². The second kappa shape index (κ2) is 7.22. The first-order chi connectivity index (χ1) is 9.39. The third-order valence-electron chi connectivity index (χ3n) is 2.53. The average molecular weight is 301 g/mol. The predicted octanol–water partition coefficient (Wildman–Crippen LogP) is 0.568. The highest BCUT2D eigenvalue weighted by Gasteiger charge is 2.21. The van der Waals surface area contributed by atoms with Gasteiger partial charge in [-0.1, -0.05) is 24.3 Å². The molecule has 0 aromatic heterocycles. The maximum absolute atomic E-state index is 11.9. The third-order valence-corrected chi connectivity index (χ3v) is 3.90. The zero-order valence-electron chi connectivity index (χ0n) is 11.5. The Morgan fingerprint density at radius 2 is 2.05 bits per heavy atom. The molecule has 1 aromatic rings. The van der Waals surface area contributed by atoms with Gasteiger partial charge in [0, 0.05) is 20.1 Å². The molecule has 0 fully saturated rings. The van der Waals surface area contributed by atoms with Gasteiger partial charge in [-0.2, -0.15) is 12.7 Å². The van der Waals surface area contributed by atoms with Gasteiger partial charge in [0.15, 0.2) is 0 Å². The molecule has 0 saturated carbocycles. The van der Waals surface area contributed by atoms with Gasteiger partial charge in [0.1, 0.15) is 0 Å². The van der Waals surface area contributed by atoms with Crippen LogP contribution in [0, 0.1) is 0 Å². The van der Waals surface area contributed by atoms with E-state index in [2.05, 4.69) is 4.74 Å². The summed E-state index contributed by atoms with van der Waals surface area (Å²) in [6.07, 6.45) is -0.991. The van der Waals surface area contributed by atoms with Crippen LogP contribution in [-0.2, 0) is 28.0 Å². The summed E-state index contributed by atoms with van der Waals surface area (Å²) in [5.74, 6) is 0. The van der Waals surface area contributed by atoms with E-state index < -0.39 is 16.3 Å². The Bertz CT molecular complexity index is 560. The number of carbonyl (C=O) groups excluding carboxylic acids is 1. The van der Waals surface area contributed by atoms with E-state index >= 15 is 0 Å². The first-order valence-electron chi connectivity index (χ1n) is 6.07. The lowest BCUT2D eigenvalue weighted by molar-refractivity contribution is 0.158. The van der Waals surface area contributed by atoms with E-state index in [4.69, 9.17) is 5.73 Å². The van der Waals surface area contributed by atoms with Crippen LogP contribution in [0.3, 0.4) is 0 Å². The molecule has 0 heterocycles. The quantitative estimate of drug-likeness (QED) is 0.799. The number of nitrogens with two attached hydrogens (primary N) is 1. The molecule has 0 radical (unpaired) electrons. The molecule has 1 rings (SSSR count). The van der Waals surface area contributed by atoms with E-state index in [1.54, 1.807) is 19.1 Å². The standard InChI is InChI=1S/C12H19N3O4S/c1-3-19-12(16)14-20(17,18)15(2)9-11-6-4-5-10(7-11)8-13/h4-7H,3,8-9,13H2,1-2H3,(H,14,16). The maximum Gasteiger partial charge on any atom is 0.421 e. The smallest absolute Gasteiger partial charge is 0.421 e. The van der Waals surface area contributed by atoms with Crippen LogP contribution in [0.1, 0.15) is 18.1 Å². The van der Waals surface area contributed by atoms with E-state index in [1.165, 1.54) is 7.05 Å². The highest BCUT2D eigenvalue weighted by molar-refractivity contribution is 7.87. The summed E-state index contributed by atoms with van der Waals surface area (Å²) in [5.41, 5.74) is 7.22. The number of hydrogen-bond acceptors (Lipinski definition) is 5. The largest absolute Gasteiger partial charge is 0.449 e. The second-order valence-electron chi connectivity index (χ2n) is 4.11. The number of hydrogen-bond donors (Lipinski definition) is 2. The van der Waals surface area contributed by atoms with Crippen molar-refractivity contribution < 1.29 is 17.9 Å². The van der Waals surface area contributed by atoms with Gasteiger partial charge in [-0.05, 0) is 18.1 Å². The van der Waals surface area contributed by atoms with Gasteiger partial charge in [0.25, 0.3) is 0 Å². The van der Waals surface area contributed by atoms with E-state index in [9.17, 15) is 13.2 Å². The van der Waals surface area contributed by atoms with Crippen molar-refractivity contribution in [2.45, 2.75) is 20.0 Å². The minimum atomic E-state index is -3.92. The third kappa shape index (κ3) is 4.80. The number of carbonyl (C=O) groups is 1. The molecule has 8 heteroatoms. The molecule has 0 aliphatic rings. The Hall–Kier alpha value is -1.64. The number of nitrogens with one attached hydrogen (secondary N) is 1. The summed E-state index contributed by atoms with van der Waals surface area (Å²) >= 11 is 0. The van der Waals surface area contributed by atoms with E-state index in [0.29, 0.717) is 6.54 Å². The molecule has 20 heavy (non-hydrogen) atoms. The SMILES string of the molecule is CCOC(=O)NS(=O)(=O)N(C)Cc1cccc(CN)c1. The van der Waals surface area contributed by atoms with Crippen LogP contribution in [0.4, 0.5) is 4.79 Å². The Kier molecular flexibility index (Phi) is 5.93. The fourth-order valence-electron chi connectivity index (χ4n) is 1.54. The molecule has 0 aliphatic carbocycles. The van der Waals surface area contributed by atoms with Crippen LogP contribution in [0.25, 0.3) is 0 Å². The molecular formula is C12H19N3O4S. The first kappa shape index (κ1) is 16.4. The Labute approximate surface area is 118 Å². The molecule has 112 valence electrons. The molecule has 3 N–H and O–H groups in total. The zero-order valence-corrected chi connectivity index (χ0v) is 12.3. The Morgan fingerprint density at radius 1 is 1.40 bits per heavy atom. The lowest BCUT2D eigenvalue weighted by Crippen LogP contribution is -2.41. The summed E-state index contributed by atoms with van der Waals surface area (Å²) in [6, 6.07) is 7.26. The fourth-order valence-corrected chi connectivity index (χ4v) is 2.29. The van der Waals surface area contributed by atoms with Crippen molar-refractivity contribution in [3.63, 3.8) is 0 Å².